The molecule has 5 aliphatic rings. The van der Waals surface area contributed by atoms with Crippen LogP contribution in [-0.4, -0.2) is 105 Å². The summed E-state index contributed by atoms with van der Waals surface area (Å²) in [5.74, 6) is -7.03. The van der Waals surface area contributed by atoms with Gasteiger partial charge in [-0.25, -0.2) is 0 Å². The van der Waals surface area contributed by atoms with E-state index in [-0.39, 0.29) is 48.2 Å². The summed E-state index contributed by atoms with van der Waals surface area (Å²) in [7, 11) is 3.76. The number of ketones is 2. The van der Waals surface area contributed by atoms with Gasteiger partial charge in [-0.2, -0.15) is 0 Å². The molecule has 0 bridgehead atoms. The van der Waals surface area contributed by atoms with Gasteiger partial charge in [0.2, 0.25) is 5.91 Å². The van der Waals surface area contributed by atoms with Crippen LogP contribution in [0.1, 0.15) is 32.1 Å². The highest BCUT2D eigenvalue weighted by molar-refractivity contribution is 6.15. The van der Waals surface area contributed by atoms with Gasteiger partial charge >= 0.3 is 0 Å². The minimum Gasteiger partial charge on any atom is -0.511 e. The number of hydrogen-bond donors (Lipinski definition) is 6. The number of primary amides is 1. The number of allylic oxidation sites excluding steroid dienone is 4. The molecule has 4 aliphatic carbocycles. The molecule has 11 heteroatoms. The Hall–Kier alpha value is -2.73. The Morgan fingerprint density at radius 1 is 1.18 bits per heavy atom. The van der Waals surface area contributed by atoms with Crippen molar-refractivity contribution in [3.05, 3.63) is 33.9 Å². The number of carbonyl (C=O) groups is 3. The summed E-state index contributed by atoms with van der Waals surface area (Å²) in [5, 5.41) is 54.1. The van der Waals surface area contributed by atoms with Crippen molar-refractivity contribution in [2.45, 2.75) is 43.8 Å². The minimum atomic E-state index is -2.51. The van der Waals surface area contributed by atoms with Crippen LogP contribution in [0.3, 0.4) is 0 Å². The van der Waals surface area contributed by atoms with Gasteiger partial charge in [0, 0.05) is 56.9 Å². The van der Waals surface area contributed by atoms with E-state index in [9.17, 15) is 39.9 Å². The van der Waals surface area contributed by atoms with Crippen LogP contribution in [0.4, 0.5) is 0 Å². The molecule has 1 saturated heterocycles. The van der Waals surface area contributed by atoms with Crippen LogP contribution in [0.15, 0.2) is 33.9 Å². The average Bonchev–Trinajstić information content (AvgIpc) is 3.30. The Labute approximate surface area is 220 Å². The van der Waals surface area contributed by atoms with E-state index in [4.69, 9.17) is 5.73 Å². The summed E-state index contributed by atoms with van der Waals surface area (Å²) in [6, 6.07) is 0. The average molecular weight is 532 g/mol. The van der Waals surface area contributed by atoms with Crippen molar-refractivity contribution in [3.8, 4) is 0 Å². The first-order valence-electron chi connectivity index (χ1n) is 13.3. The number of nitrogens with two attached hydrogens (primary N) is 1. The first-order chi connectivity index (χ1) is 17.9. The lowest BCUT2D eigenvalue weighted by molar-refractivity contribution is -0.167. The summed E-state index contributed by atoms with van der Waals surface area (Å²) < 4.78 is 0. The maximum absolute atomic E-state index is 14.0. The van der Waals surface area contributed by atoms with Crippen LogP contribution in [-0.2, 0) is 14.4 Å². The fourth-order valence-electron chi connectivity index (χ4n) is 7.40. The summed E-state index contributed by atoms with van der Waals surface area (Å²) in [4.78, 5) is 43.1. The second-order valence-electron chi connectivity index (χ2n) is 11.8. The van der Waals surface area contributed by atoms with E-state index in [1.54, 1.807) is 0 Å². The third-order valence-electron chi connectivity index (χ3n) is 9.36. The van der Waals surface area contributed by atoms with Gasteiger partial charge < -0.3 is 41.1 Å². The Kier molecular flexibility index (Phi) is 6.70. The van der Waals surface area contributed by atoms with Gasteiger partial charge in [-0.05, 0) is 56.1 Å². The standard InChI is InChI=1S/C27H37N3O8/c1-29(2)17-7-14(10-30-4-3-12(9-30)11-31)22(33)20-16(17)6-13-5-15-8-18(32)21(26(28)37)25(36)27(15,38)24(35)19(13)23(20)34/h12-15,18,21,31-33,35,38H,3-11H2,1-2H3,(H2,28,37)/t12?,13-,14?,15+,18?,21?,27+/m1/s1. The number of aliphatic hydroxyl groups is 5. The molecule has 0 aromatic heterocycles. The number of amides is 1. The van der Waals surface area contributed by atoms with Crippen LogP contribution in [0.2, 0.25) is 0 Å². The molecule has 0 radical (unpaired) electrons. The van der Waals surface area contributed by atoms with Crippen LogP contribution in [0.25, 0.3) is 0 Å². The van der Waals surface area contributed by atoms with Gasteiger partial charge in [0.25, 0.3) is 0 Å². The van der Waals surface area contributed by atoms with Crippen LogP contribution in [0.5, 0.6) is 0 Å². The molecule has 2 saturated carbocycles. The molecule has 1 amide bonds. The number of Topliss-reactive ketones (excluding diaryl/α,β-unsaturated/α-hetero) is 2. The molecule has 1 heterocycles. The molecule has 5 rings (SSSR count). The molecule has 7 N–H and O–H groups in total. The van der Waals surface area contributed by atoms with Crippen LogP contribution >= 0.6 is 0 Å². The normalized spacial score (nSPS) is 37.8. The highest BCUT2D eigenvalue weighted by Crippen LogP contribution is 2.54. The number of hydrogen-bond acceptors (Lipinski definition) is 10. The van der Waals surface area contributed by atoms with Crippen molar-refractivity contribution in [1.29, 1.82) is 0 Å². The predicted octanol–water partition coefficient (Wildman–Crippen LogP) is -0.464. The lowest BCUT2D eigenvalue weighted by atomic mass is 9.57. The molecule has 0 aromatic rings. The largest absolute Gasteiger partial charge is 0.511 e. The van der Waals surface area contributed by atoms with E-state index in [1.165, 1.54) is 0 Å². The number of fused-ring (bicyclic) bond motifs is 3. The highest BCUT2D eigenvalue weighted by Gasteiger charge is 2.62. The minimum absolute atomic E-state index is 0.0729. The maximum atomic E-state index is 14.0. The fourth-order valence-corrected chi connectivity index (χ4v) is 7.40. The van der Waals surface area contributed by atoms with Crippen molar-refractivity contribution in [2.75, 3.05) is 40.3 Å². The quantitative estimate of drug-likeness (QED) is 0.254. The van der Waals surface area contributed by atoms with Crippen molar-refractivity contribution >= 4 is 17.5 Å². The van der Waals surface area contributed by atoms with Crippen molar-refractivity contribution < 1.29 is 39.9 Å². The third-order valence-corrected chi connectivity index (χ3v) is 9.36. The van der Waals surface area contributed by atoms with Gasteiger partial charge in [0.05, 0.1) is 11.7 Å². The molecule has 11 nitrogen and oxygen atoms in total. The van der Waals surface area contributed by atoms with Gasteiger partial charge in [0.1, 0.15) is 17.4 Å². The highest BCUT2D eigenvalue weighted by atomic mass is 16.3. The van der Waals surface area contributed by atoms with Gasteiger partial charge in [-0.1, -0.05) is 0 Å². The number of likely N-dealkylation sites (tertiary alicyclic amines) is 1. The Morgan fingerprint density at radius 3 is 2.50 bits per heavy atom. The maximum Gasteiger partial charge on any atom is 0.230 e. The molecule has 0 aromatic carbocycles. The second-order valence-corrected chi connectivity index (χ2v) is 11.8. The zero-order valence-electron chi connectivity index (χ0n) is 21.8. The van der Waals surface area contributed by atoms with E-state index in [0.29, 0.717) is 31.5 Å². The molecular weight excluding hydrogens is 494 g/mol. The van der Waals surface area contributed by atoms with E-state index in [1.807, 2.05) is 19.0 Å². The summed E-state index contributed by atoms with van der Waals surface area (Å²) in [6.07, 6.45) is 0.330. The number of carbonyl (C=O) groups excluding carboxylic acids is 3. The van der Waals surface area contributed by atoms with E-state index in [0.717, 1.165) is 18.7 Å². The molecule has 4 unspecified atom stereocenters. The summed E-state index contributed by atoms with van der Waals surface area (Å²) in [5.41, 5.74) is 4.37. The fraction of sp³-hybridized carbons (Fsp3) is 0.667. The molecular formula is C27H37N3O8. The molecule has 208 valence electrons. The lowest BCUT2D eigenvalue weighted by Crippen LogP contribution is -2.63. The Morgan fingerprint density at radius 2 is 1.89 bits per heavy atom. The van der Waals surface area contributed by atoms with Crippen molar-refractivity contribution in [3.63, 3.8) is 0 Å². The van der Waals surface area contributed by atoms with E-state index >= 15 is 0 Å². The molecule has 38 heavy (non-hydrogen) atoms. The second kappa shape index (κ2) is 9.48. The Balaban J connectivity index is 1.56. The van der Waals surface area contributed by atoms with Crippen LogP contribution in [0, 0.1) is 29.6 Å². The van der Waals surface area contributed by atoms with Gasteiger partial charge in [0.15, 0.2) is 17.2 Å². The van der Waals surface area contributed by atoms with E-state index in [2.05, 4.69) is 4.90 Å². The van der Waals surface area contributed by atoms with Gasteiger partial charge in [-0.15, -0.1) is 0 Å². The first-order valence-corrected chi connectivity index (χ1v) is 13.3. The zero-order chi connectivity index (χ0) is 27.7. The SMILES string of the molecule is CN(C)C1=C2C[C@H]3C[C@H]4CC(O)C(C(N)=O)C(=O)[C@@]4(O)C(O)=C3C(=O)C2=C(O)C(CN2CCC(CO)C2)C1. The molecule has 7 atom stereocenters. The smallest absolute Gasteiger partial charge is 0.230 e. The van der Waals surface area contributed by atoms with Crippen molar-refractivity contribution in [1.82, 2.24) is 9.80 Å². The summed E-state index contributed by atoms with van der Waals surface area (Å²) >= 11 is 0. The molecule has 3 fully saturated rings. The molecule has 1 aliphatic heterocycles. The van der Waals surface area contributed by atoms with Crippen LogP contribution < -0.4 is 5.73 Å². The molecule has 0 spiro atoms. The van der Waals surface area contributed by atoms with Gasteiger partial charge in [-0.3, -0.25) is 14.4 Å². The zero-order valence-corrected chi connectivity index (χ0v) is 21.8. The lowest BCUT2D eigenvalue weighted by Gasteiger charge is -2.49. The monoisotopic (exact) mass is 531 g/mol. The predicted molar refractivity (Wildman–Crippen MR) is 134 cm³/mol. The Bertz CT molecular complexity index is 1170. The first kappa shape index (κ1) is 26.9. The topological polar surface area (TPSA) is 185 Å². The summed E-state index contributed by atoms with van der Waals surface area (Å²) in [6.45, 7) is 2.09. The number of nitrogens with zero attached hydrogens (tertiary/aromatic N) is 2. The van der Waals surface area contributed by atoms with Crippen molar-refractivity contribution in [2.24, 2.45) is 35.3 Å². The number of rotatable bonds is 5. The van der Waals surface area contributed by atoms with E-state index < -0.39 is 52.7 Å². The number of aliphatic hydroxyl groups excluding tert-OH is 4. The third kappa shape index (κ3) is 3.90.